The van der Waals surface area contributed by atoms with Crippen LogP contribution in [0.5, 0.6) is 5.75 Å². The van der Waals surface area contributed by atoms with Crippen molar-refractivity contribution in [2.24, 2.45) is 11.7 Å². The van der Waals surface area contributed by atoms with E-state index in [1.165, 1.54) is 0 Å². The molecule has 2 unspecified atom stereocenters. The van der Waals surface area contributed by atoms with Crippen LogP contribution in [-0.4, -0.2) is 22.8 Å². The lowest BCUT2D eigenvalue weighted by Crippen LogP contribution is -2.28. The van der Waals surface area contributed by atoms with Crippen LogP contribution in [0.4, 0.5) is 0 Å². The van der Waals surface area contributed by atoms with E-state index in [2.05, 4.69) is 24.0 Å². The number of para-hydroxylation sites is 1. The van der Waals surface area contributed by atoms with Gasteiger partial charge in [-0.15, -0.1) is 0 Å². The smallest absolute Gasteiger partial charge is 0.231 e. The summed E-state index contributed by atoms with van der Waals surface area (Å²) in [5.41, 5.74) is 6.88. The summed E-state index contributed by atoms with van der Waals surface area (Å²) in [6.45, 7) is 8.71. The van der Waals surface area contributed by atoms with E-state index in [1.807, 2.05) is 38.1 Å². The van der Waals surface area contributed by atoms with Crippen molar-refractivity contribution in [1.82, 2.24) is 10.1 Å². The van der Waals surface area contributed by atoms with Crippen molar-refractivity contribution in [2.75, 3.05) is 6.61 Å². The summed E-state index contributed by atoms with van der Waals surface area (Å²) < 4.78 is 11.0. The first-order chi connectivity index (χ1) is 10.0. The van der Waals surface area contributed by atoms with Gasteiger partial charge >= 0.3 is 0 Å². The number of nitrogens with zero attached hydrogens (tertiary/aromatic N) is 2. The molecule has 5 nitrogen and oxygen atoms in total. The Hall–Kier alpha value is -1.88. The minimum atomic E-state index is -0.0413. The highest BCUT2D eigenvalue weighted by Gasteiger charge is 2.26. The minimum absolute atomic E-state index is 0.0413. The lowest BCUT2D eigenvalue weighted by molar-refractivity contribution is 0.300. The molecular weight excluding hydrogens is 266 g/mol. The molecule has 2 N–H and O–H groups in total. The van der Waals surface area contributed by atoms with Gasteiger partial charge in [0.15, 0.2) is 0 Å². The molecular formula is C16H23N3O2. The van der Waals surface area contributed by atoms with Gasteiger partial charge in [0.05, 0.1) is 18.1 Å². The molecule has 0 bridgehead atoms. The van der Waals surface area contributed by atoms with Gasteiger partial charge in [0.25, 0.3) is 0 Å². The van der Waals surface area contributed by atoms with Gasteiger partial charge in [-0.2, -0.15) is 4.98 Å². The molecule has 2 rings (SSSR count). The zero-order valence-electron chi connectivity index (χ0n) is 13.0. The van der Waals surface area contributed by atoms with Crippen molar-refractivity contribution in [1.29, 1.82) is 0 Å². The highest BCUT2D eigenvalue weighted by Crippen LogP contribution is 2.31. The second-order valence-electron chi connectivity index (χ2n) is 5.51. The van der Waals surface area contributed by atoms with Crippen LogP contribution >= 0.6 is 0 Å². The summed E-state index contributed by atoms with van der Waals surface area (Å²) in [5, 5.41) is 4.09. The van der Waals surface area contributed by atoms with Crippen molar-refractivity contribution in [3.05, 3.63) is 30.2 Å². The van der Waals surface area contributed by atoms with Gasteiger partial charge in [-0.05, 0) is 31.9 Å². The topological polar surface area (TPSA) is 74.2 Å². The predicted molar refractivity (Wildman–Crippen MR) is 82.1 cm³/mol. The summed E-state index contributed by atoms with van der Waals surface area (Å²) in [7, 11) is 0. The number of aromatic nitrogens is 2. The van der Waals surface area contributed by atoms with Gasteiger partial charge < -0.3 is 15.0 Å². The highest BCUT2D eigenvalue weighted by atomic mass is 16.5. The number of ether oxygens (including phenoxy) is 1. The Morgan fingerprint density at radius 1 is 1.24 bits per heavy atom. The molecule has 0 aliphatic carbocycles. The van der Waals surface area contributed by atoms with Crippen LogP contribution in [0.25, 0.3) is 11.4 Å². The van der Waals surface area contributed by atoms with E-state index >= 15 is 0 Å². The fourth-order valence-electron chi connectivity index (χ4n) is 2.53. The van der Waals surface area contributed by atoms with Crippen LogP contribution in [0.1, 0.15) is 39.5 Å². The molecule has 0 amide bonds. The molecule has 5 heteroatoms. The van der Waals surface area contributed by atoms with Gasteiger partial charge in [-0.25, -0.2) is 0 Å². The summed E-state index contributed by atoms with van der Waals surface area (Å²) in [5.74, 6) is 2.27. The van der Waals surface area contributed by atoms with Crippen LogP contribution in [0.15, 0.2) is 28.8 Å². The zero-order valence-corrected chi connectivity index (χ0v) is 13.0. The second-order valence-corrected chi connectivity index (χ2v) is 5.51. The lowest BCUT2D eigenvalue weighted by Gasteiger charge is -2.20. The van der Waals surface area contributed by atoms with Crippen molar-refractivity contribution in [3.8, 4) is 17.1 Å². The molecule has 0 radical (unpaired) electrons. The largest absolute Gasteiger partial charge is 0.493 e. The van der Waals surface area contributed by atoms with Crippen LogP contribution in [-0.2, 0) is 0 Å². The van der Waals surface area contributed by atoms with Crippen LogP contribution in [0, 0.1) is 5.92 Å². The molecule has 1 aromatic heterocycles. The van der Waals surface area contributed by atoms with Gasteiger partial charge in [0.1, 0.15) is 5.75 Å². The Labute approximate surface area is 125 Å². The van der Waals surface area contributed by atoms with Gasteiger partial charge in [-0.3, -0.25) is 0 Å². The Morgan fingerprint density at radius 2 is 1.95 bits per heavy atom. The Balaban J connectivity index is 2.36. The third-order valence-corrected chi connectivity index (χ3v) is 3.44. The monoisotopic (exact) mass is 289 g/mol. The molecule has 2 atom stereocenters. The van der Waals surface area contributed by atoms with E-state index in [1.54, 1.807) is 0 Å². The maximum atomic E-state index is 6.04. The third kappa shape index (κ3) is 3.42. The summed E-state index contributed by atoms with van der Waals surface area (Å²) >= 11 is 0. The third-order valence-electron chi connectivity index (χ3n) is 3.44. The fourth-order valence-corrected chi connectivity index (χ4v) is 2.53. The number of hydrogen-bond acceptors (Lipinski definition) is 5. The number of nitrogens with two attached hydrogens (primary N) is 1. The molecule has 0 saturated carbocycles. The van der Waals surface area contributed by atoms with Crippen molar-refractivity contribution in [3.63, 3.8) is 0 Å². The molecule has 0 aliphatic heterocycles. The van der Waals surface area contributed by atoms with Crippen molar-refractivity contribution >= 4 is 0 Å². The molecule has 0 spiro atoms. The summed E-state index contributed by atoms with van der Waals surface area (Å²) in [4.78, 5) is 4.53. The number of benzene rings is 1. The van der Waals surface area contributed by atoms with Crippen molar-refractivity contribution < 1.29 is 9.26 Å². The van der Waals surface area contributed by atoms with E-state index in [4.69, 9.17) is 15.0 Å². The first-order valence-corrected chi connectivity index (χ1v) is 7.36. The lowest BCUT2D eigenvalue weighted by atomic mass is 9.90. The SMILES string of the molecule is CCOc1ccccc1-c1noc(C(C(C)C)C(C)N)n1. The normalized spacial score (nSPS) is 14.2. The quantitative estimate of drug-likeness (QED) is 0.883. The average Bonchev–Trinajstić information content (AvgIpc) is 2.88. The van der Waals surface area contributed by atoms with E-state index in [0.29, 0.717) is 24.2 Å². The maximum absolute atomic E-state index is 6.04. The van der Waals surface area contributed by atoms with E-state index in [0.717, 1.165) is 11.3 Å². The molecule has 1 aromatic carbocycles. The molecule has 21 heavy (non-hydrogen) atoms. The number of rotatable bonds is 6. The first-order valence-electron chi connectivity index (χ1n) is 7.36. The maximum Gasteiger partial charge on any atom is 0.231 e. The van der Waals surface area contributed by atoms with Crippen LogP contribution in [0.2, 0.25) is 0 Å². The fraction of sp³-hybridized carbons (Fsp3) is 0.500. The van der Waals surface area contributed by atoms with Gasteiger partial charge in [0, 0.05) is 6.04 Å². The van der Waals surface area contributed by atoms with Gasteiger partial charge in [-0.1, -0.05) is 31.1 Å². The highest BCUT2D eigenvalue weighted by molar-refractivity contribution is 5.63. The Kier molecular flexibility index (Phi) is 4.96. The number of hydrogen-bond donors (Lipinski definition) is 1. The first kappa shape index (κ1) is 15.5. The van der Waals surface area contributed by atoms with Gasteiger partial charge in [0.2, 0.25) is 11.7 Å². The standard InChI is InChI=1S/C16H23N3O2/c1-5-20-13-9-7-6-8-12(13)15-18-16(21-19-15)14(10(2)3)11(4)17/h6-11,14H,5,17H2,1-4H3. The zero-order chi connectivity index (χ0) is 15.4. The Morgan fingerprint density at radius 3 is 2.57 bits per heavy atom. The molecule has 1 heterocycles. The van der Waals surface area contributed by atoms with E-state index in [9.17, 15) is 0 Å². The summed E-state index contributed by atoms with van der Waals surface area (Å²) in [6, 6.07) is 7.64. The van der Waals surface area contributed by atoms with E-state index in [-0.39, 0.29) is 12.0 Å². The molecule has 0 fully saturated rings. The minimum Gasteiger partial charge on any atom is -0.493 e. The van der Waals surface area contributed by atoms with Crippen LogP contribution in [0.3, 0.4) is 0 Å². The molecule has 114 valence electrons. The van der Waals surface area contributed by atoms with Crippen molar-refractivity contribution in [2.45, 2.75) is 39.7 Å². The van der Waals surface area contributed by atoms with E-state index < -0.39 is 0 Å². The molecule has 0 aliphatic rings. The molecule has 2 aromatic rings. The predicted octanol–water partition coefficient (Wildman–Crippen LogP) is 3.22. The molecule has 0 saturated heterocycles. The summed E-state index contributed by atoms with van der Waals surface area (Å²) in [6.07, 6.45) is 0. The van der Waals surface area contributed by atoms with Crippen LogP contribution < -0.4 is 10.5 Å². The Bertz CT molecular complexity index is 570. The second kappa shape index (κ2) is 6.72. The average molecular weight is 289 g/mol.